The van der Waals surface area contributed by atoms with Gasteiger partial charge in [-0.1, -0.05) is 29.8 Å². The van der Waals surface area contributed by atoms with Crippen LogP contribution >= 0.6 is 11.3 Å². The summed E-state index contributed by atoms with van der Waals surface area (Å²) in [5, 5.41) is 11.9. The number of aliphatic hydroxyl groups is 1. The molecule has 2 aromatic carbocycles. The van der Waals surface area contributed by atoms with E-state index < -0.39 is 5.60 Å². The van der Waals surface area contributed by atoms with Gasteiger partial charge in [-0.05, 0) is 49.6 Å². The molecule has 5 heteroatoms. The van der Waals surface area contributed by atoms with Crippen molar-refractivity contribution >= 4 is 17.1 Å². The van der Waals surface area contributed by atoms with Crippen molar-refractivity contribution in [2.24, 2.45) is 0 Å². The maximum atomic E-state index is 11.6. The predicted octanol–water partition coefficient (Wildman–Crippen LogP) is 5.12. The smallest absolute Gasteiger partial charge is 0.133 e. The van der Waals surface area contributed by atoms with Gasteiger partial charge in [-0.25, -0.2) is 4.98 Å². The number of aryl methyl sites for hydroxylation is 1. The molecular formula is C23H23NO3S. The lowest BCUT2D eigenvalue weighted by molar-refractivity contribution is -0.125. The summed E-state index contributed by atoms with van der Waals surface area (Å²) < 4.78 is 5.27. The Hall–Kier alpha value is -2.50. The van der Waals surface area contributed by atoms with Crippen LogP contribution in [0.25, 0.3) is 21.7 Å². The highest BCUT2D eigenvalue weighted by molar-refractivity contribution is 7.15. The molecule has 1 aliphatic rings. The molecule has 4 nitrogen and oxygen atoms in total. The number of thiazole rings is 1. The second-order valence-corrected chi connectivity index (χ2v) is 8.36. The van der Waals surface area contributed by atoms with Gasteiger partial charge >= 0.3 is 0 Å². The highest BCUT2D eigenvalue weighted by atomic mass is 32.1. The molecule has 28 heavy (non-hydrogen) atoms. The number of aromatic nitrogens is 1. The van der Waals surface area contributed by atoms with Gasteiger partial charge in [0, 0.05) is 18.4 Å². The molecule has 1 N–H and O–H groups in total. The number of ether oxygens (including phenoxy) is 1. The van der Waals surface area contributed by atoms with Crippen molar-refractivity contribution in [3.8, 4) is 27.4 Å². The summed E-state index contributed by atoms with van der Waals surface area (Å²) in [6, 6.07) is 16.2. The van der Waals surface area contributed by atoms with Crippen LogP contribution < -0.4 is 4.74 Å². The number of carbonyl (C=O) groups excluding carboxylic acids is 1. The minimum Gasteiger partial charge on any atom is -0.497 e. The lowest BCUT2D eigenvalue weighted by atomic mass is 9.84. The van der Waals surface area contributed by atoms with Crippen molar-refractivity contribution in [2.45, 2.75) is 38.2 Å². The third kappa shape index (κ3) is 3.60. The van der Waals surface area contributed by atoms with E-state index in [-0.39, 0.29) is 5.78 Å². The van der Waals surface area contributed by atoms with E-state index in [0.29, 0.717) is 30.7 Å². The van der Waals surface area contributed by atoms with E-state index in [4.69, 9.17) is 9.72 Å². The largest absolute Gasteiger partial charge is 0.497 e. The molecule has 1 fully saturated rings. The Bertz CT molecular complexity index is 980. The molecule has 0 bridgehead atoms. The Labute approximate surface area is 168 Å². The van der Waals surface area contributed by atoms with Crippen LogP contribution in [0, 0.1) is 6.92 Å². The van der Waals surface area contributed by atoms with E-state index in [0.717, 1.165) is 27.4 Å². The predicted molar refractivity (Wildman–Crippen MR) is 112 cm³/mol. The Kier molecular flexibility index (Phi) is 5.04. The third-order valence-electron chi connectivity index (χ3n) is 5.34. The van der Waals surface area contributed by atoms with Crippen molar-refractivity contribution in [2.75, 3.05) is 7.11 Å². The van der Waals surface area contributed by atoms with Gasteiger partial charge in [-0.2, -0.15) is 0 Å². The van der Waals surface area contributed by atoms with Gasteiger partial charge < -0.3 is 9.84 Å². The summed E-state index contributed by atoms with van der Waals surface area (Å²) in [5.74, 6) is 1.01. The number of nitrogens with zero attached hydrogens (tertiary/aromatic N) is 1. The van der Waals surface area contributed by atoms with Gasteiger partial charge in [0.05, 0.1) is 17.7 Å². The van der Waals surface area contributed by atoms with Gasteiger partial charge in [0.15, 0.2) is 0 Å². The van der Waals surface area contributed by atoms with Crippen molar-refractivity contribution < 1.29 is 14.6 Å². The topological polar surface area (TPSA) is 59.4 Å². The lowest BCUT2D eigenvalue weighted by Crippen LogP contribution is -2.31. The molecule has 0 spiro atoms. The quantitative estimate of drug-likeness (QED) is 0.668. The fourth-order valence-electron chi connectivity index (χ4n) is 3.52. The maximum Gasteiger partial charge on any atom is 0.133 e. The monoisotopic (exact) mass is 393 g/mol. The first-order chi connectivity index (χ1) is 13.5. The summed E-state index contributed by atoms with van der Waals surface area (Å²) in [4.78, 5) is 17.6. The number of ketones is 1. The Morgan fingerprint density at radius 3 is 2.21 bits per heavy atom. The van der Waals surface area contributed by atoms with Gasteiger partial charge in [0.2, 0.25) is 0 Å². The SMILES string of the molecule is COc1ccc(-c2nc(C3(O)CCC(=O)CC3)sc2-c2ccc(C)cc2)cc1. The van der Waals surface area contributed by atoms with E-state index >= 15 is 0 Å². The van der Waals surface area contributed by atoms with Gasteiger partial charge in [-0.3, -0.25) is 4.79 Å². The number of methoxy groups -OCH3 is 1. The standard InChI is InChI=1S/C23H23NO3S/c1-15-3-5-17(6-4-15)21-20(16-7-9-19(27-2)10-8-16)24-22(28-21)23(26)13-11-18(25)12-14-23/h3-10,26H,11-14H2,1-2H3. The lowest BCUT2D eigenvalue weighted by Gasteiger charge is -2.29. The van der Waals surface area contributed by atoms with E-state index in [2.05, 4.69) is 31.2 Å². The van der Waals surface area contributed by atoms with Crippen LogP contribution in [0.3, 0.4) is 0 Å². The van der Waals surface area contributed by atoms with E-state index in [1.165, 1.54) is 16.9 Å². The van der Waals surface area contributed by atoms with Gasteiger partial charge in [-0.15, -0.1) is 11.3 Å². The molecule has 3 aromatic rings. The molecule has 1 aromatic heterocycles. The molecule has 144 valence electrons. The van der Waals surface area contributed by atoms with Crippen molar-refractivity contribution in [3.63, 3.8) is 0 Å². The minimum absolute atomic E-state index is 0.218. The first-order valence-corrected chi connectivity index (χ1v) is 10.3. The van der Waals surface area contributed by atoms with Crippen LogP contribution in [-0.2, 0) is 10.4 Å². The van der Waals surface area contributed by atoms with Crippen LogP contribution in [0.5, 0.6) is 5.75 Å². The molecule has 1 heterocycles. The fraction of sp³-hybridized carbons (Fsp3) is 0.304. The van der Waals surface area contributed by atoms with Crippen LogP contribution in [0.4, 0.5) is 0 Å². The zero-order valence-electron chi connectivity index (χ0n) is 16.1. The number of Topliss-reactive ketones (excluding diaryl/α,β-unsaturated/α-hetero) is 1. The number of carbonyl (C=O) groups is 1. The van der Waals surface area contributed by atoms with Crippen LogP contribution in [0.15, 0.2) is 48.5 Å². The number of hydrogen-bond donors (Lipinski definition) is 1. The van der Waals surface area contributed by atoms with E-state index in [1.807, 2.05) is 24.3 Å². The summed E-state index contributed by atoms with van der Waals surface area (Å²) in [7, 11) is 1.65. The normalized spacial score (nSPS) is 16.2. The average Bonchev–Trinajstić information content (AvgIpc) is 3.17. The van der Waals surface area contributed by atoms with Crippen LogP contribution in [0.1, 0.15) is 36.3 Å². The molecule has 4 rings (SSSR count). The van der Waals surface area contributed by atoms with E-state index in [9.17, 15) is 9.90 Å². The molecular weight excluding hydrogens is 370 g/mol. The first kappa shape index (κ1) is 18.8. The Balaban J connectivity index is 1.81. The molecule has 0 aliphatic heterocycles. The van der Waals surface area contributed by atoms with Crippen LogP contribution in [-0.4, -0.2) is 23.0 Å². The molecule has 0 unspecified atom stereocenters. The second kappa shape index (κ2) is 7.49. The zero-order chi connectivity index (χ0) is 19.7. The Morgan fingerprint density at radius 2 is 1.61 bits per heavy atom. The third-order valence-corrected chi connectivity index (χ3v) is 6.64. The Morgan fingerprint density at radius 1 is 1.00 bits per heavy atom. The molecule has 1 saturated carbocycles. The molecule has 0 radical (unpaired) electrons. The van der Waals surface area contributed by atoms with Crippen molar-refractivity contribution in [1.29, 1.82) is 0 Å². The summed E-state index contributed by atoms with van der Waals surface area (Å²) in [6.07, 6.45) is 1.70. The number of benzene rings is 2. The molecule has 1 aliphatic carbocycles. The van der Waals surface area contributed by atoms with Crippen molar-refractivity contribution in [1.82, 2.24) is 4.98 Å². The molecule has 0 atom stereocenters. The second-order valence-electron chi connectivity index (χ2n) is 7.36. The molecule has 0 saturated heterocycles. The average molecular weight is 394 g/mol. The fourth-order valence-corrected chi connectivity index (χ4v) is 4.76. The van der Waals surface area contributed by atoms with Gasteiger partial charge in [0.1, 0.15) is 22.1 Å². The number of rotatable bonds is 4. The van der Waals surface area contributed by atoms with E-state index in [1.54, 1.807) is 7.11 Å². The molecule has 0 amide bonds. The van der Waals surface area contributed by atoms with Crippen LogP contribution in [0.2, 0.25) is 0 Å². The number of hydrogen-bond acceptors (Lipinski definition) is 5. The highest BCUT2D eigenvalue weighted by Gasteiger charge is 2.37. The summed E-state index contributed by atoms with van der Waals surface area (Å²) in [5.41, 5.74) is 3.09. The summed E-state index contributed by atoms with van der Waals surface area (Å²) >= 11 is 1.53. The van der Waals surface area contributed by atoms with Crippen molar-refractivity contribution in [3.05, 3.63) is 59.1 Å². The highest BCUT2D eigenvalue weighted by Crippen LogP contribution is 2.44. The minimum atomic E-state index is -1.03. The first-order valence-electron chi connectivity index (χ1n) is 9.45. The maximum absolute atomic E-state index is 11.6. The summed E-state index contributed by atoms with van der Waals surface area (Å²) in [6.45, 7) is 2.06. The zero-order valence-corrected chi connectivity index (χ0v) is 16.9. The van der Waals surface area contributed by atoms with Gasteiger partial charge in [0.25, 0.3) is 0 Å².